The third-order valence-electron chi connectivity index (χ3n) is 4.65. The Labute approximate surface area is 140 Å². The molecule has 1 aliphatic carbocycles. The number of ether oxygens (including phenoxy) is 1. The van der Waals surface area contributed by atoms with Crippen LogP contribution in [-0.4, -0.2) is 12.6 Å². The molecule has 0 saturated heterocycles. The molecule has 0 spiro atoms. The first kappa shape index (κ1) is 17.8. The number of benzene rings is 1. The van der Waals surface area contributed by atoms with Gasteiger partial charge in [-0.15, -0.1) is 0 Å². The van der Waals surface area contributed by atoms with Crippen LogP contribution in [0.3, 0.4) is 0 Å². The summed E-state index contributed by atoms with van der Waals surface area (Å²) in [4.78, 5) is 11.8. The monoisotopic (exact) mass is 314 g/mol. The highest BCUT2D eigenvalue weighted by Gasteiger charge is 2.12. The van der Waals surface area contributed by atoms with Gasteiger partial charge in [0.25, 0.3) is 0 Å². The summed E-state index contributed by atoms with van der Waals surface area (Å²) < 4.78 is 5.11. The fourth-order valence-electron chi connectivity index (χ4n) is 3.40. The topological polar surface area (TPSA) is 26.3 Å². The van der Waals surface area contributed by atoms with E-state index >= 15 is 0 Å². The van der Waals surface area contributed by atoms with E-state index < -0.39 is 0 Å². The molecule has 1 aromatic carbocycles. The van der Waals surface area contributed by atoms with E-state index in [2.05, 4.69) is 30.3 Å². The van der Waals surface area contributed by atoms with Crippen molar-refractivity contribution in [3.8, 4) is 0 Å². The van der Waals surface area contributed by atoms with Crippen molar-refractivity contribution in [1.82, 2.24) is 0 Å². The van der Waals surface area contributed by atoms with Crippen molar-refractivity contribution in [3.05, 3.63) is 47.0 Å². The molecule has 23 heavy (non-hydrogen) atoms. The van der Waals surface area contributed by atoms with Crippen molar-refractivity contribution >= 4 is 5.97 Å². The minimum absolute atomic E-state index is 0.0653. The molecule has 0 unspecified atom stereocenters. The first-order valence-corrected chi connectivity index (χ1v) is 9.19. The van der Waals surface area contributed by atoms with Crippen LogP contribution in [0.1, 0.15) is 70.3 Å². The second-order valence-electron chi connectivity index (χ2n) is 6.44. The first-order valence-electron chi connectivity index (χ1n) is 9.19. The Bertz CT molecular complexity index is 492. The summed E-state index contributed by atoms with van der Waals surface area (Å²) in [5, 5.41) is 0. The maximum absolute atomic E-state index is 11.8. The number of rotatable bonds is 6. The Morgan fingerprint density at radius 1 is 0.957 bits per heavy atom. The van der Waals surface area contributed by atoms with Crippen LogP contribution in [-0.2, 0) is 16.0 Å². The highest BCUT2D eigenvalue weighted by Crippen LogP contribution is 2.28. The van der Waals surface area contributed by atoms with Crippen molar-refractivity contribution in [2.45, 2.75) is 71.1 Å². The van der Waals surface area contributed by atoms with E-state index in [0.717, 1.165) is 12.8 Å². The Kier molecular flexibility index (Phi) is 7.92. The van der Waals surface area contributed by atoms with E-state index in [0.29, 0.717) is 13.0 Å². The third-order valence-corrected chi connectivity index (χ3v) is 4.65. The maximum Gasteiger partial charge on any atom is 0.306 e. The Morgan fingerprint density at radius 2 is 1.61 bits per heavy atom. The summed E-state index contributed by atoms with van der Waals surface area (Å²) in [6.45, 7) is 2.35. The predicted molar refractivity (Wildman–Crippen MR) is 95.4 cm³/mol. The predicted octanol–water partition coefficient (Wildman–Crippen LogP) is 5.61. The summed E-state index contributed by atoms with van der Waals surface area (Å²) in [5.74, 6) is -0.0653. The molecule has 1 saturated carbocycles. The van der Waals surface area contributed by atoms with Crippen molar-refractivity contribution in [3.63, 3.8) is 0 Å². The van der Waals surface area contributed by atoms with Gasteiger partial charge in [0.15, 0.2) is 0 Å². The molecule has 0 atom stereocenters. The summed E-state index contributed by atoms with van der Waals surface area (Å²) >= 11 is 0. The van der Waals surface area contributed by atoms with E-state index in [1.54, 1.807) is 5.57 Å². The molecule has 2 rings (SSSR count). The summed E-state index contributed by atoms with van der Waals surface area (Å²) in [7, 11) is 0. The lowest BCUT2D eigenvalue weighted by atomic mass is 9.88. The zero-order valence-electron chi connectivity index (χ0n) is 14.5. The lowest BCUT2D eigenvalue weighted by Gasteiger charge is -2.18. The summed E-state index contributed by atoms with van der Waals surface area (Å²) in [6, 6.07) is 10.6. The quantitative estimate of drug-likeness (QED) is 0.503. The van der Waals surface area contributed by atoms with Gasteiger partial charge in [0, 0.05) is 6.42 Å². The van der Waals surface area contributed by atoms with Gasteiger partial charge in [-0.3, -0.25) is 4.79 Å². The van der Waals surface area contributed by atoms with Gasteiger partial charge in [-0.2, -0.15) is 0 Å². The molecule has 0 aromatic heterocycles. The van der Waals surface area contributed by atoms with Crippen LogP contribution in [0.25, 0.3) is 0 Å². The van der Waals surface area contributed by atoms with Crippen molar-refractivity contribution in [2.24, 2.45) is 0 Å². The van der Waals surface area contributed by atoms with E-state index in [-0.39, 0.29) is 5.97 Å². The smallest absolute Gasteiger partial charge is 0.306 e. The molecule has 0 radical (unpaired) electrons. The molecule has 1 aromatic rings. The molecule has 2 heteroatoms. The lowest BCUT2D eigenvalue weighted by molar-refractivity contribution is -0.143. The van der Waals surface area contributed by atoms with Gasteiger partial charge in [0.05, 0.1) is 6.61 Å². The number of hydrogen-bond donors (Lipinski definition) is 0. The standard InChI is InChI=1S/C21H30O2/c1-2-23-21(22)16-15-20(17-18-11-7-6-8-12-18)19-13-9-4-3-5-10-14-19/h6-8,11-12H,2-5,9-10,13-17H2,1H3. The molecule has 0 aliphatic heterocycles. The maximum atomic E-state index is 11.8. The van der Waals surface area contributed by atoms with Crippen LogP contribution >= 0.6 is 0 Å². The van der Waals surface area contributed by atoms with Crippen LogP contribution < -0.4 is 0 Å². The van der Waals surface area contributed by atoms with Crippen molar-refractivity contribution in [1.29, 1.82) is 0 Å². The van der Waals surface area contributed by atoms with Gasteiger partial charge >= 0.3 is 5.97 Å². The Hall–Kier alpha value is -1.57. The Morgan fingerprint density at radius 3 is 2.26 bits per heavy atom. The van der Waals surface area contributed by atoms with Gasteiger partial charge in [-0.05, 0) is 51.0 Å². The van der Waals surface area contributed by atoms with E-state index in [4.69, 9.17) is 4.74 Å². The molecular formula is C21H30O2. The van der Waals surface area contributed by atoms with Crippen LogP contribution in [0.4, 0.5) is 0 Å². The number of carbonyl (C=O) groups is 1. The average Bonchev–Trinajstić information content (AvgIpc) is 2.53. The van der Waals surface area contributed by atoms with Crippen molar-refractivity contribution < 1.29 is 9.53 Å². The largest absolute Gasteiger partial charge is 0.466 e. The van der Waals surface area contributed by atoms with E-state index in [1.807, 2.05) is 6.92 Å². The number of esters is 1. The van der Waals surface area contributed by atoms with Gasteiger partial charge in [-0.25, -0.2) is 0 Å². The zero-order valence-corrected chi connectivity index (χ0v) is 14.5. The van der Waals surface area contributed by atoms with E-state index in [1.165, 1.54) is 56.1 Å². The normalized spacial score (nSPS) is 15.6. The fraction of sp³-hybridized carbons (Fsp3) is 0.571. The molecule has 1 fully saturated rings. The van der Waals surface area contributed by atoms with Crippen LogP contribution in [0, 0.1) is 0 Å². The lowest BCUT2D eigenvalue weighted by Crippen LogP contribution is -2.07. The second-order valence-corrected chi connectivity index (χ2v) is 6.44. The molecule has 0 amide bonds. The summed E-state index contributed by atoms with van der Waals surface area (Å²) in [6.07, 6.45) is 11.4. The molecular weight excluding hydrogens is 284 g/mol. The van der Waals surface area contributed by atoms with Crippen LogP contribution in [0.2, 0.25) is 0 Å². The molecule has 0 heterocycles. The van der Waals surface area contributed by atoms with Crippen LogP contribution in [0.5, 0.6) is 0 Å². The Balaban J connectivity index is 2.10. The van der Waals surface area contributed by atoms with Gasteiger partial charge in [0.2, 0.25) is 0 Å². The number of allylic oxidation sites excluding steroid dienone is 2. The minimum atomic E-state index is -0.0653. The molecule has 1 aliphatic rings. The zero-order chi connectivity index (χ0) is 16.3. The van der Waals surface area contributed by atoms with Gasteiger partial charge in [-0.1, -0.05) is 60.7 Å². The number of hydrogen-bond acceptors (Lipinski definition) is 2. The molecule has 0 bridgehead atoms. The molecule has 126 valence electrons. The van der Waals surface area contributed by atoms with Crippen molar-refractivity contribution in [2.75, 3.05) is 6.61 Å². The highest BCUT2D eigenvalue weighted by molar-refractivity contribution is 5.69. The van der Waals surface area contributed by atoms with Crippen LogP contribution in [0.15, 0.2) is 41.5 Å². The third kappa shape index (κ3) is 6.60. The fourth-order valence-corrected chi connectivity index (χ4v) is 3.40. The van der Waals surface area contributed by atoms with Gasteiger partial charge < -0.3 is 4.74 Å². The summed E-state index contributed by atoms with van der Waals surface area (Å²) in [5.41, 5.74) is 4.44. The van der Waals surface area contributed by atoms with Gasteiger partial charge in [0.1, 0.15) is 0 Å². The first-order chi connectivity index (χ1) is 11.3. The minimum Gasteiger partial charge on any atom is -0.466 e. The number of carbonyl (C=O) groups excluding carboxylic acids is 1. The second kappa shape index (κ2) is 10.3. The molecule has 2 nitrogen and oxygen atoms in total. The van der Waals surface area contributed by atoms with E-state index in [9.17, 15) is 4.79 Å². The SMILES string of the molecule is CCOC(=O)CCC(Cc1ccccc1)=C1CCCCCCC1. The highest BCUT2D eigenvalue weighted by atomic mass is 16.5. The molecule has 0 N–H and O–H groups in total. The average molecular weight is 314 g/mol.